The number of hydroxylamine groups is 1. The molecule has 2 aromatic carbocycles. The summed E-state index contributed by atoms with van der Waals surface area (Å²) in [5.74, 6) is -0.525. The summed E-state index contributed by atoms with van der Waals surface area (Å²) in [4.78, 5) is 18.9. The Bertz CT molecular complexity index is 957. The molecule has 0 saturated carbocycles. The molecule has 0 aliphatic carbocycles. The maximum Gasteiger partial charge on any atom is 0.267 e. The minimum atomic E-state index is -0.525. The van der Waals surface area contributed by atoms with Crippen molar-refractivity contribution in [3.63, 3.8) is 0 Å². The van der Waals surface area contributed by atoms with E-state index in [0.717, 1.165) is 38.3 Å². The summed E-state index contributed by atoms with van der Waals surface area (Å²) in [5.41, 5.74) is 6.67. The number of likely N-dealkylation sites (tertiary alicyclic amines) is 1. The van der Waals surface area contributed by atoms with Crippen LogP contribution < -0.4 is 5.48 Å². The number of hydrogen-bond donors (Lipinski definition) is 2. The average Bonchev–Trinajstić information content (AvgIpc) is 3.34. The number of amides is 1. The summed E-state index contributed by atoms with van der Waals surface area (Å²) in [6.45, 7) is 12.3. The van der Waals surface area contributed by atoms with E-state index in [0.29, 0.717) is 12.1 Å². The molecule has 0 spiro atoms. The zero-order valence-corrected chi connectivity index (χ0v) is 20.5. The predicted octanol–water partition coefficient (Wildman–Crippen LogP) is 3.90. The Morgan fingerprint density at radius 2 is 1.53 bits per heavy atom. The fourth-order valence-corrected chi connectivity index (χ4v) is 5.34. The third-order valence-electron chi connectivity index (χ3n) is 7.06. The summed E-state index contributed by atoms with van der Waals surface area (Å²) in [6, 6.07) is 18.4. The monoisotopic (exact) mass is 462 g/mol. The van der Waals surface area contributed by atoms with Crippen LogP contribution in [-0.2, 0) is 24.4 Å². The van der Waals surface area contributed by atoms with E-state index in [-0.39, 0.29) is 0 Å². The van der Waals surface area contributed by atoms with Crippen molar-refractivity contribution in [3.05, 3.63) is 76.9 Å². The summed E-state index contributed by atoms with van der Waals surface area (Å²) in [7, 11) is 0. The molecule has 0 unspecified atom stereocenters. The van der Waals surface area contributed by atoms with Gasteiger partial charge in [-0.15, -0.1) is 0 Å². The summed E-state index contributed by atoms with van der Waals surface area (Å²) in [5, 5.41) is 8.59. The average molecular weight is 463 g/mol. The highest BCUT2D eigenvalue weighted by Gasteiger charge is 2.29. The summed E-state index contributed by atoms with van der Waals surface area (Å²) in [6.07, 6.45) is 5.69. The molecule has 0 bridgehead atoms. The van der Waals surface area contributed by atoms with Gasteiger partial charge in [0.1, 0.15) is 0 Å². The molecule has 2 aliphatic heterocycles. The van der Waals surface area contributed by atoms with Gasteiger partial charge in [-0.3, -0.25) is 24.7 Å². The highest BCUT2D eigenvalue weighted by atomic mass is 16.5. The maximum atomic E-state index is 11.2. The van der Waals surface area contributed by atoms with Crippen molar-refractivity contribution in [2.75, 3.05) is 26.2 Å². The SMILES string of the molecule is C[C@@H]1CN(Cc2cccc(CN3CCCC3)c2)C[C@H](C)N1Cc1ccc(/C=C/C(=O)NO)cc1. The Labute approximate surface area is 203 Å². The fourth-order valence-electron chi connectivity index (χ4n) is 5.34. The van der Waals surface area contributed by atoms with Crippen molar-refractivity contribution in [1.29, 1.82) is 0 Å². The molecule has 0 aromatic heterocycles. The third kappa shape index (κ3) is 6.76. The molecular formula is C28H38N4O2. The summed E-state index contributed by atoms with van der Waals surface area (Å²) < 4.78 is 0. The minimum absolute atomic E-state index is 0.476. The van der Waals surface area contributed by atoms with Crippen LogP contribution in [0.1, 0.15) is 48.9 Å². The highest BCUT2D eigenvalue weighted by molar-refractivity contribution is 5.90. The predicted molar refractivity (Wildman–Crippen MR) is 136 cm³/mol. The standard InChI is InChI=1S/C28H38N4O2/c1-22-17-31(20-27-7-5-6-26(16-27)19-30-14-3-4-15-30)18-23(2)32(22)21-25-10-8-24(9-11-25)12-13-28(33)29-34/h5-13,16,22-23,34H,3-4,14-15,17-21H2,1-2H3,(H,29,33)/b13-12+/t22-,23+. The van der Waals surface area contributed by atoms with Gasteiger partial charge in [-0.05, 0) is 68.1 Å². The number of hydrogen-bond acceptors (Lipinski definition) is 5. The number of rotatable bonds is 8. The van der Waals surface area contributed by atoms with Gasteiger partial charge in [-0.1, -0.05) is 48.5 Å². The molecule has 2 saturated heterocycles. The van der Waals surface area contributed by atoms with E-state index in [9.17, 15) is 4.79 Å². The van der Waals surface area contributed by atoms with E-state index < -0.39 is 5.91 Å². The number of nitrogens with zero attached hydrogens (tertiary/aromatic N) is 3. The van der Waals surface area contributed by atoms with Crippen molar-refractivity contribution < 1.29 is 10.0 Å². The molecule has 2 heterocycles. The topological polar surface area (TPSA) is 59.0 Å². The van der Waals surface area contributed by atoms with Crippen LogP contribution in [0, 0.1) is 0 Å². The van der Waals surface area contributed by atoms with Crippen molar-refractivity contribution in [2.24, 2.45) is 0 Å². The van der Waals surface area contributed by atoms with Crippen LogP contribution in [0.25, 0.3) is 6.08 Å². The fraction of sp³-hybridized carbons (Fsp3) is 0.464. The van der Waals surface area contributed by atoms with E-state index in [1.165, 1.54) is 48.7 Å². The second kappa shape index (κ2) is 11.8. The molecule has 2 N–H and O–H groups in total. The number of carbonyl (C=O) groups is 1. The molecule has 182 valence electrons. The van der Waals surface area contributed by atoms with E-state index in [2.05, 4.69) is 64.9 Å². The third-order valence-corrected chi connectivity index (χ3v) is 7.06. The van der Waals surface area contributed by atoms with Crippen LogP contribution in [0.4, 0.5) is 0 Å². The molecule has 2 aromatic rings. The van der Waals surface area contributed by atoms with Crippen LogP contribution >= 0.6 is 0 Å². The Kier molecular flexibility index (Phi) is 8.51. The van der Waals surface area contributed by atoms with Gasteiger partial charge in [-0.25, -0.2) is 5.48 Å². The van der Waals surface area contributed by atoms with Crippen molar-refractivity contribution >= 4 is 12.0 Å². The molecule has 6 nitrogen and oxygen atoms in total. The normalized spacial score (nSPS) is 22.4. The Balaban J connectivity index is 1.31. The van der Waals surface area contributed by atoms with E-state index in [1.807, 2.05) is 12.1 Å². The first kappa shape index (κ1) is 24.6. The molecular weight excluding hydrogens is 424 g/mol. The van der Waals surface area contributed by atoms with Crippen LogP contribution in [-0.4, -0.2) is 64.1 Å². The molecule has 2 aliphatic rings. The first-order valence-electron chi connectivity index (χ1n) is 12.5. The molecule has 6 heteroatoms. The van der Waals surface area contributed by atoms with Gasteiger partial charge in [-0.2, -0.15) is 0 Å². The zero-order chi connectivity index (χ0) is 23.9. The molecule has 2 atom stereocenters. The van der Waals surface area contributed by atoms with E-state index in [1.54, 1.807) is 11.6 Å². The maximum absolute atomic E-state index is 11.2. The Morgan fingerprint density at radius 1 is 0.912 bits per heavy atom. The van der Waals surface area contributed by atoms with Gasteiger partial charge < -0.3 is 0 Å². The second-order valence-corrected chi connectivity index (χ2v) is 9.92. The summed E-state index contributed by atoms with van der Waals surface area (Å²) >= 11 is 0. The molecule has 0 radical (unpaired) electrons. The molecule has 1 amide bonds. The van der Waals surface area contributed by atoms with Crippen LogP contribution in [0.2, 0.25) is 0 Å². The molecule has 2 fully saturated rings. The Hall–Kier alpha value is -2.51. The number of carbonyl (C=O) groups excluding carboxylic acids is 1. The van der Waals surface area contributed by atoms with Gasteiger partial charge in [0.15, 0.2) is 0 Å². The van der Waals surface area contributed by atoms with Crippen LogP contribution in [0.15, 0.2) is 54.6 Å². The number of piperazine rings is 1. The first-order valence-corrected chi connectivity index (χ1v) is 12.5. The lowest BCUT2D eigenvalue weighted by Crippen LogP contribution is -2.55. The largest absolute Gasteiger partial charge is 0.299 e. The van der Waals surface area contributed by atoms with Crippen LogP contribution in [0.3, 0.4) is 0 Å². The Morgan fingerprint density at radius 3 is 2.15 bits per heavy atom. The van der Waals surface area contributed by atoms with Gasteiger partial charge in [0.25, 0.3) is 5.91 Å². The smallest absolute Gasteiger partial charge is 0.267 e. The second-order valence-electron chi connectivity index (χ2n) is 9.92. The minimum Gasteiger partial charge on any atom is -0.299 e. The zero-order valence-electron chi connectivity index (χ0n) is 20.5. The van der Waals surface area contributed by atoms with Crippen molar-refractivity contribution in [1.82, 2.24) is 20.2 Å². The van der Waals surface area contributed by atoms with Gasteiger partial charge in [0, 0.05) is 50.9 Å². The number of benzene rings is 2. The van der Waals surface area contributed by atoms with E-state index >= 15 is 0 Å². The van der Waals surface area contributed by atoms with Crippen molar-refractivity contribution in [2.45, 2.75) is 58.4 Å². The van der Waals surface area contributed by atoms with Crippen molar-refractivity contribution in [3.8, 4) is 0 Å². The molecule has 4 rings (SSSR count). The first-order chi connectivity index (χ1) is 16.5. The lowest BCUT2D eigenvalue weighted by atomic mass is 10.0. The molecule has 34 heavy (non-hydrogen) atoms. The lowest BCUT2D eigenvalue weighted by molar-refractivity contribution is -0.124. The number of nitrogens with one attached hydrogen (secondary N) is 1. The highest BCUT2D eigenvalue weighted by Crippen LogP contribution is 2.22. The van der Waals surface area contributed by atoms with Gasteiger partial charge in [0.2, 0.25) is 0 Å². The quantitative estimate of drug-likeness (QED) is 0.354. The van der Waals surface area contributed by atoms with Gasteiger partial charge >= 0.3 is 0 Å². The van der Waals surface area contributed by atoms with Gasteiger partial charge in [0.05, 0.1) is 0 Å². The van der Waals surface area contributed by atoms with Crippen LogP contribution in [0.5, 0.6) is 0 Å². The lowest BCUT2D eigenvalue weighted by Gasteiger charge is -2.44. The van der Waals surface area contributed by atoms with E-state index in [4.69, 9.17) is 5.21 Å².